The Hall–Kier alpha value is -1.66. The van der Waals surface area contributed by atoms with E-state index in [0.29, 0.717) is 16.3 Å². The maximum absolute atomic E-state index is 11.6. The average molecular weight is 324 g/mol. The largest absolute Gasteiger partial charge is 0.450 e. The predicted octanol–water partition coefficient (Wildman–Crippen LogP) is 3.45. The Morgan fingerprint density at radius 2 is 2.22 bits per heavy atom. The van der Waals surface area contributed by atoms with Gasteiger partial charge in [-0.3, -0.25) is 0 Å². The SMILES string of the molecule is O=C1OC(c2cccs2)=N/C1=C/c1ccc(Br)o1. The van der Waals surface area contributed by atoms with Crippen LogP contribution in [-0.4, -0.2) is 11.9 Å². The number of nitrogens with zero attached hydrogens (tertiary/aromatic N) is 1. The number of rotatable bonds is 2. The summed E-state index contributed by atoms with van der Waals surface area (Å²) in [5.41, 5.74) is 0.236. The Bertz CT molecular complexity index is 655. The van der Waals surface area contributed by atoms with Crippen molar-refractivity contribution in [3.05, 3.63) is 50.6 Å². The summed E-state index contributed by atoms with van der Waals surface area (Å²) in [6, 6.07) is 7.21. The predicted molar refractivity (Wildman–Crippen MR) is 71.3 cm³/mol. The fraction of sp³-hybridized carbons (Fsp3) is 0. The van der Waals surface area contributed by atoms with E-state index >= 15 is 0 Å². The molecule has 1 aliphatic heterocycles. The normalized spacial score (nSPS) is 17.1. The van der Waals surface area contributed by atoms with Crippen LogP contribution in [0.25, 0.3) is 6.08 Å². The van der Waals surface area contributed by atoms with E-state index < -0.39 is 5.97 Å². The molecule has 3 rings (SSSR count). The summed E-state index contributed by atoms with van der Waals surface area (Å²) in [7, 11) is 0. The molecule has 90 valence electrons. The molecule has 0 amide bonds. The molecule has 0 saturated carbocycles. The summed E-state index contributed by atoms with van der Waals surface area (Å²) < 4.78 is 11.0. The quantitative estimate of drug-likeness (QED) is 0.628. The van der Waals surface area contributed by atoms with Crippen molar-refractivity contribution >= 4 is 45.2 Å². The van der Waals surface area contributed by atoms with Crippen LogP contribution in [-0.2, 0) is 9.53 Å². The highest BCUT2D eigenvalue weighted by molar-refractivity contribution is 9.10. The molecule has 2 aromatic rings. The summed E-state index contributed by atoms with van der Waals surface area (Å²) in [4.78, 5) is 16.6. The van der Waals surface area contributed by atoms with Gasteiger partial charge in [0.05, 0.1) is 4.88 Å². The number of carbonyl (C=O) groups excluding carboxylic acids is 1. The standard InChI is InChI=1S/C12H6BrNO3S/c13-10-4-3-7(16-10)6-8-12(15)17-11(14-8)9-2-1-5-18-9/h1-6H/b8-6+. The Morgan fingerprint density at radius 3 is 2.89 bits per heavy atom. The molecule has 0 saturated heterocycles. The van der Waals surface area contributed by atoms with Gasteiger partial charge in [0.2, 0.25) is 5.90 Å². The average Bonchev–Trinajstić information content (AvgIpc) is 3.02. The summed E-state index contributed by atoms with van der Waals surface area (Å²) in [6.45, 7) is 0. The van der Waals surface area contributed by atoms with Crippen LogP contribution < -0.4 is 0 Å². The van der Waals surface area contributed by atoms with Crippen molar-refractivity contribution < 1.29 is 13.9 Å². The molecule has 3 heterocycles. The summed E-state index contributed by atoms with van der Waals surface area (Å²) in [5, 5.41) is 1.90. The summed E-state index contributed by atoms with van der Waals surface area (Å²) in [6.07, 6.45) is 1.55. The van der Waals surface area contributed by atoms with E-state index in [1.54, 1.807) is 18.2 Å². The van der Waals surface area contributed by atoms with Crippen LogP contribution in [0.2, 0.25) is 0 Å². The van der Waals surface area contributed by atoms with Crippen LogP contribution >= 0.6 is 27.3 Å². The second-order valence-electron chi connectivity index (χ2n) is 3.46. The highest BCUT2D eigenvalue weighted by Crippen LogP contribution is 2.23. The van der Waals surface area contributed by atoms with Crippen LogP contribution in [0.4, 0.5) is 0 Å². The van der Waals surface area contributed by atoms with Crippen molar-refractivity contribution in [2.24, 2.45) is 4.99 Å². The van der Waals surface area contributed by atoms with Crippen LogP contribution in [0.5, 0.6) is 0 Å². The fourth-order valence-corrected chi connectivity index (χ4v) is 2.42. The number of furan rings is 1. The van der Waals surface area contributed by atoms with Crippen molar-refractivity contribution in [2.75, 3.05) is 0 Å². The summed E-state index contributed by atoms with van der Waals surface area (Å²) >= 11 is 4.66. The second kappa shape index (κ2) is 4.55. The minimum absolute atomic E-state index is 0.236. The van der Waals surface area contributed by atoms with Gasteiger partial charge >= 0.3 is 5.97 Å². The third-order valence-electron chi connectivity index (χ3n) is 2.23. The lowest BCUT2D eigenvalue weighted by atomic mass is 10.3. The monoisotopic (exact) mass is 323 g/mol. The fourth-order valence-electron chi connectivity index (χ4n) is 1.46. The molecule has 2 aromatic heterocycles. The number of carbonyl (C=O) groups is 1. The second-order valence-corrected chi connectivity index (χ2v) is 5.18. The van der Waals surface area contributed by atoms with Crippen molar-refractivity contribution in [3.8, 4) is 0 Å². The molecule has 1 aliphatic rings. The van der Waals surface area contributed by atoms with E-state index in [4.69, 9.17) is 9.15 Å². The molecule has 0 N–H and O–H groups in total. The maximum Gasteiger partial charge on any atom is 0.363 e. The first-order valence-electron chi connectivity index (χ1n) is 5.04. The number of halogens is 1. The number of thiophene rings is 1. The van der Waals surface area contributed by atoms with E-state index in [1.807, 2.05) is 17.5 Å². The van der Waals surface area contributed by atoms with Gasteiger partial charge < -0.3 is 9.15 Å². The Morgan fingerprint density at radius 1 is 1.33 bits per heavy atom. The molecular formula is C12H6BrNO3S. The molecule has 0 atom stereocenters. The molecular weight excluding hydrogens is 318 g/mol. The lowest BCUT2D eigenvalue weighted by molar-refractivity contribution is -0.129. The first-order valence-corrected chi connectivity index (χ1v) is 6.71. The third-order valence-corrected chi connectivity index (χ3v) is 3.51. The number of aliphatic imine (C=N–C) groups is 1. The highest BCUT2D eigenvalue weighted by Gasteiger charge is 2.24. The van der Waals surface area contributed by atoms with E-state index in [2.05, 4.69) is 20.9 Å². The van der Waals surface area contributed by atoms with E-state index in [-0.39, 0.29) is 5.70 Å². The number of cyclic esters (lactones) is 1. The van der Waals surface area contributed by atoms with Crippen LogP contribution in [0.3, 0.4) is 0 Å². The Kier molecular flexibility index (Phi) is 2.89. The van der Waals surface area contributed by atoms with Gasteiger partial charge in [0.15, 0.2) is 10.4 Å². The minimum Gasteiger partial charge on any atom is -0.450 e. The van der Waals surface area contributed by atoms with Gasteiger partial charge in [-0.15, -0.1) is 11.3 Å². The van der Waals surface area contributed by atoms with Gasteiger partial charge in [-0.2, -0.15) is 0 Å². The Balaban J connectivity index is 1.94. The van der Waals surface area contributed by atoms with Crippen molar-refractivity contribution in [2.45, 2.75) is 0 Å². The number of ether oxygens (including phenoxy) is 1. The van der Waals surface area contributed by atoms with Gasteiger partial charge in [0, 0.05) is 6.08 Å². The third kappa shape index (κ3) is 2.16. The lowest BCUT2D eigenvalue weighted by Gasteiger charge is -1.92. The number of hydrogen-bond donors (Lipinski definition) is 0. The van der Waals surface area contributed by atoms with Crippen molar-refractivity contribution in [1.82, 2.24) is 0 Å². The van der Waals surface area contributed by atoms with Gasteiger partial charge in [-0.1, -0.05) is 6.07 Å². The molecule has 0 fully saturated rings. The smallest absolute Gasteiger partial charge is 0.363 e. The minimum atomic E-state index is -0.467. The van der Waals surface area contributed by atoms with Gasteiger partial charge in [0.1, 0.15) is 5.76 Å². The zero-order valence-electron chi connectivity index (χ0n) is 8.92. The first kappa shape index (κ1) is 11.4. The van der Waals surface area contributed by atoms with Crippen LogP contribution in [0, 0.1) is 0 Å². The van der Waals surface area contributed by atoms with E-state index in [0.717, 1.165) is 4.88 Å². The number of hydrogen-bond acceptors (Lipinski definition) is 5. The molecule has 0 spiro atoms. The van der Waals surface area contributed by atoms with Crippen molar-refractivity contribution in [3.63, 3.8) is 0 Å². The number of esters is 1. The molecule has 0 aromatic carbocycles. The summed E-state index contributed by atoms with van der Waals surface area (Å²) in [5.74, 6) is 0.419. The zero-order chi connectivity index (χ0) is 12.5. The van der Waals surface area contributed by atoms with Crippen molar-refractivity contribution in [1.29, 1.82) is 0 Å². The molecule has 0 bridgehead atoms. The van der Waals surface area contributed by atoms with E-state index in [1.165, 1.54) is 11.3 Å². The molecule has 0 radical (unpaired) electrons. The van der Waals surface area contributed by atoms with Crippen LogP contribution in [0.15, 0.2) is 49.4 Å². The Labute approximate surface area is 115 Å². The van der Waals surface area contributed by atoms with Gasteiger partial charge in [-0.25, -0.2) is 9.79 Å². The topological polar surface area (TPSA) is 51.8 Å². The lowest BCUT2D eigenvalue weighted by Crippen LogP contribution is -2.03. The molecule has 4 nitrogen and oxygen atoms in total. The van der Waals surface area contributed by atoms with Gasteiger partial charge in [0.25, 0.3) is 0 Å². The first-order chi connectivity index (χ1) is 8.72. The zero-order valence-corrected chi connectivity index (χ0v) is 11.3. The molecule has 0 unspecified atom stereocenters. The van der Waals surface area contributed by atoms with E-state index in [9.17, 15) is 4.79 Å². The van der Waals surface area contributed by atoms with Crippen LogP contribution in [0.1, 0.15) is 10.6 Å². The highest BCUT2D eigenvalue weighted by atomic mass is 79.9. The molecule has 18 heavy (non-hydrogen) atoms. The molecule has 6 heteroatoms. The molecule has 0 aliphatic carbocycles. The maximum atomic E-state index is 11.6. The van der Waals surface area contributed by atoms with Gasteiger partial charge in [-0.05, 0) is 39.5 Å².